The fraction of sp³-hybridized carbons (Fsp3) is 0.125. The highest BCUT2D eigenvalue weighted by molar-refractivity contribution is 5.61. The number of benzene rings is 1. The van der Waals surface area contributed by atoms with E-state index in [2.05, 4.69) is 20.6 Å². The minimum absolute atomic E-state index is 0.565. The number of anilines is 1. The van der Waals surface area contributed by atoms with Gasteiger partial charge >= 0.3 is 0 Å². The molecule has 2 aromatic rings. The van der Waals surface area contributed by atoms with Gasteiger partial charge in [0.2, 0.25) is 5.82 Å². The van der Waals surface area contributed by atoms with Gasteiger partial charge in [0.05, 0.1) is 0 Å². The van der Waals surface area contributed by atoms with Gasteiger partial charge in [-0.25, -0.2) is 0 Å². The Labute approximate surface area is 75.0 Å². The van der Waals surface area contributed by atoms with Crippen molar-refractivity contribution in [2.45, 2.75) is 6.92 Å². The average molecular weight is 175 g/mol. The number of nitrogens with zero attached hydrogens (tertiary/aromatic N) is 3. The quantitative estimate of drug-likeness (QED) is 0.627. The summed E-state index contributed by atoms with van der Waals surface area (Å²) in [5, 5.41) is 13.6. The number of aryl methyl sites for hydroxylation is 1. The summed E-state index contributed by atoms with van der Waals surface area (Å²) in [6, 6.07) is 5.67. The Morgan fingerprint density at radius 2 is 2.15 bits per heavy atom. The molecule has 0 bridgehead atoms. The van der Waals surface area contributed by atoms with Gasteiger partial charge in [-0.2, -0.15) is 5.21 Å². The van der Waals surface area contributed by atoms with Gasteiger partial charge in [0.25, 0.3) is 0 Å². The van der Waals surface area contributed by atoms with Crippen LogP contribution in [0.2, 0.25) is 0 Å². The molecule has 66 valence electrons. The van der Waals surface area contributed by atoms with Crippen LogP contribution in [-0.4, -0.2) is 20.6 Å². The summed E-state index contributed by atoms with van der Waals surface area (Å²) in [4.78, 5) is 0. The van der Waals surface area contributed by atoms with E-state index >= 15 is 0 Å². The van der Waals surface area contributed by atoms with E-state index in [0.29, 0.717) is 11.5 Å². The second-order valence-corrected chi connectivity index (χ2v) is 2.87. The van der Waals surface area contributed by atoms with Crippen LogP contribution < -0.4 is 5.73 Å². The summed E-state index contributed by atoms with van der Waals surface area (Å²) in [5.74, 6) is 0.565. The van der Waals surface area contributed by atoms with Crippen LogP contribution in [-0.2, 0) is 0 Å². The van der Waals surface area contributed by atoms with Gasteiger partial charge < -0.3 is 5.73 Å². The molecule has 3 N–H and O–H groups in total. The zero-order valence-corrected chi connectivity index (χ0v) is 7.15. The van der Waals surface area contributed by atoms with E-state index < -0.39 is 0 Å². The number of H-pyrrole nitrogens is 1. The summed E-state index contributed by atoms with van der Waals surface area (Å²) in [6.07, 6.45) is 0. The van der Waals surface area contributed by atoms with Crippen LogP contribution in [0, 0.1) is 6.92 Å². The zero-order chi connectivity index (χ0) is 9.26. The molecule has 0 aliphatic carbocycles. The normalized spacial score (nSPS) is 10.2. The fourth-order valence-corrected chi connectivity index (χ4v) is 1.23. The molecule has 0 saturated heterocycles. The highest BCUT2D eigenvalue weighted by Gasteiger charge is 2.03. The summed E-state index contributed by atoms with van der Waals surface area (Å²) in [6.45, 7) is 1.97. The maximum atomic E-state index is 5.68. The van der Waals surface area contributed by atoms with Crippen LogP contribution in [0.5, 0.6) is 0 Å². The lowest BCUT2D eigenvalue weighted by molar-refractivity contribution is 0.881. The Morgan fingerprint density at radius 3 is 2.77 bits per heavy atom. The van der Waals surface area contributed by atoms with Crippen molar-refractivity contribution in [3.05, 3.63) is 23.8 Å². The lowest BCUT2D eigenvalue weighted by Crippen LogP contribution is -1.89. The van der Waals surface area contributed by atoms with E-state index in [1.807, 2.05) is 25.1 Å². The van der Waals surface area contributed by atoms with Crippen LogP contribution in [0.4, 0.5) is 5.69 Å². The number of nitrogens with one attached hydrogen (secondary N) is 1. The molecular weight excluding hydrogens is 166 g/mol. The Morgan fingerprint density at radius 1 is 1.31 bits per heavy atom. The zero-order valence-electron chi connectivity index (χ0n) is 7.15. The van der Waals surface area contributed by atoms with Gasteiger partial charge in [0.15, 0.2) is 0 Å². The van der Waals surface area contributed by atoms with Crippen molar-refractivity contribution >= 4 is 5.69 Å². The molecule has 1 aromatic carbocycles. The predicted molar refractivity (Wildman–Crippen MR) is 48.8 cm³/mol. The molecule has 1 aromatic heterocycles. The summed E-state index contributed by atoms with van der Waals surface area (Å²) >= 11 is 0. The lowest BCUT2D eigenvalue weighted by Gasteiger charge is -1.99. The molecule has 0 radical (unpaired) electrons. The van der Waals surface area contributed by atoms with Crippen molar-refractivity contribution in [1.29, 1.82) is 0 Å². The smallest absolute Gasteiger partial charge is 0.204 e. The van der Waals surface area contributed by atoms with Gasteiger partial charge in [-0.1, -0.05) is 0 Å². The molecule has 0 spiro atoms. The Balaban J connectivity index is 2.53. The minimum atomic E-state index is 0.565. The highest BCUT2D eigenvalue weighted by Crippen LogP contribution is 2.18. The van der Waals surface area contributed by atoms with Gasteiger partial charge in [-0.15, -0.1) is 10.2 Å². The monoisotopic (exact) mass is 175 g/mol. The number of hydrogen-bond acceptors (Lipinski definition) is 4. The van der Waals surface area contributed by atoms with Gasteiger partial charge in [-0.05, 0) is 35.9 Å². The van der Waals surface area contributed by atoms with Crippen LogP contribution in [0.25, 0.3) is 11.4 Å². The average Bonchev–Trinajstić information content (AvgIpc) is 2.53. The van der Waals surface area contributed by atoms with Crippen LogP contribution >= 0.6 is 0 Å². The SMILES string of the molecule is Cc1cc(N)cc(-c2nn[nH]n2)c1. The van der Waals surface area contributed by atoms with E-state index in [4.69, 9.17) is 5.73 Å². The standard InChI is InChI=1S/C8H9N5/c1-5-2-6(4-7(9)3-5)8-10-12-13-11-8/h2-4H,9H2,1H3,(H,10,11,12,13). The lowest BCUT2D eigenvalue weighted by atomic mass is 10.1. The van der Waals surface area contributed by atoms with Gasteiger partial charge in [0, 0.05) is 11.3 Å². The van der Waals surface area contributed by atoms with E-state index in [-0.39, 0.29) is 0 Å². The molecule has 0 fully saturated rings. The molecule has 0 saturated carbocycles. The maximum absolute atomic E-state index is 5.68. The third kappa shape index (κ3) is 1.48. The molecular formula is C8H9N5. The topological polar surface area (TPSA) is 80.5 Å². The van der Waals surface area contributed by atoms with E-state index in [1.165, 1.54) is 0 Å². The van der Waals surface area contributed by atoms with Crippen molar-refractivity contribution < 1.29 is 0 Å². The molecule has 0 atom stereocenters. The third-order valence-electron chi connectivity index (χ3n) is 1.70. The van der Waals surface area contributed by atoms with Crippen LogP contribution in [0.15, 0.2) is 18.2 Å². The van der Waals surface area contributed by atoms with Crippen LogP contribution in [0.1, 0.15) is 5.56 Å². The van der Waals surface area contributed by atoms with Crippen molar-refractivity contribution in [2.24, 2.45) is 0 Å². The number of rotatable bonds is 1. The first-order valence-corrected chi connectivity index (χ1v) is 3.87. The van der Waals surface area contributed by atoms with E-state index in [9.17, 15) is 0 Å². The molecule has 13 heavy (non-hydrogen) atoms. The summed E-state index contributed by atoms with van der Waals surface area (Å²) < 4.78 is 0. The van der Waals surface area contributed by atoms with Crippen molar-refractivity contribution in [3.63, 3.8) is 0 Å². The highest BCUT2D eigenvalue weighted by atomic mass is 15.5. The summed E-state index contributed by atoms with van der Waals surface area (Å²) in [7, 11) is 0. The second kappa shape index (κ2) is 2.85. The number of nitrogen functional groups attached to an aromatic ring is 1. The molecule has 2 rings (SSSR count). The van der Waals surface area contributed by atoms with Gasteiger partial charge in [-0.3, -0.25) is 0 Å². The fourth-order valence-electron chi connectivity index (χ4n) is 1.23. The number of aromatic amines is 1. The molecule has 5 heteroatoms. The molecule has 5 nitrogen and oxygen atoms in total. The second-order valence-electron chi connectivity index (χ2n) is 2.87. The molecule has 0 amide bonds. The number of nitrogens with two attached hydrogens (primary N) is 1. The molecule has 0 aliphatic rings. The van der Waals surface area contributed by atoms with E-state index in [0.717, 1.165) is 11.1 Å². The maximum Gasteiger partial charge on any atom is 0.204 e. The van der Waals surface area contributed by atoms with Crippen LogP contribution in [0.3, 0.4) is 0 Å². The minimum Gasteiger partial charge on any atom is -0.399 e. The Bertz CT molecular complexity index is 386. The van der Waals surface area contributed by atoms with Crippen molar-refractivity contribution in [1.82, 2.24) is 20.6 Å². The first-order chi connectivity index (χ1) is 6.25. The Kier molecular flexibility index (Phi) is 1.70. The predicted octanol–water partition coefficient (Wildman–Crippen LogP) is 0.757. The first kappa shape index (κ1) is 7.72. The number of hydrogen-bond donors (Lipinski definition) is 2. The third-order valence-corrected chi connectivity index (χ3v) is 1.70. The number of aromatic nitrogens is 4. The largest absolute Gasteiger partial charge is 0.399 e. The van der Waals surface area contributed by atoms with Crippen molar-refractivity contribution in [3.8, 4) is 11.4 Å². The Hall–Kier alpha value is -1.91. The van der Waals surface area contributed by atoms with Crippen molar-refractivity contribution in [2.75, 3.05) is 5.73 Å². The molecule has 0 aliphatic heterocycles. The van der Waals surface area contributed by atoms with Gasteiger partial charge in [0.1, 0.15) is 0 Å². The molecule has 0 unspecified atom stereocenters. The first-order valence-electron chi connectivity index (χ1n) is 3.87. The summed E-state index contributed by atoms with van der Waals surface area (Å²) in [5.41, 5.74) is 8.35. The molecule has 1 heterocycles. The number of tetrazole rings is 1. The van der Waals surface area contributed by atoms with E-state index in [1.54, 1.807) is 0 Å².